The molecule has 4 nitrogen and oxygen atoms in total. The fourth-order valence-electron chi connectivity index (χ4n) is 1.83. The van der Waals surface area contributed by atoms with Gasteiger partial charge in [-0.25, -0.2) is 4.68 Å². The zero-order chi connectivity index (χ0) is 11.0. The first-order valence-electron chi connectivity index (χ1n) is 4.99. The summed E-state index contributed by atoms with van der Waals surface area (Å²) in [7, 11) is 0. The van der Waals surface area contributed by atoms with Gasteiger partial charge in [0.1, 0.15) is 11.8 Å². The Labute approximate surface area is 102 Å². The van der Waals surface area contributed by atoms with Crippen molar-refractivity contribution in [3.05, 3.63) is 33.8 Å². The van der Waals surface area contributed by atoms with Crippen LogP contribution in [0.2, 0.25) is 0 Å². The van der Waals surface area contributed by atoms with Crippen LogP contribution in [0.25, 0.3) is 0 Å². The van der Waals surface area contributed by atoms with Crippen LogP contribution in [0.15, 0.2) is 16.8 Å². The van der Waals surface area contributed by atoms with Gasteiger partial charge in [-0.3, -0.25) is 0 Å². The number of hydrogen-bond acceptors (Lipinski definition) is 4. The van der Waals surface area contributed by atoms with Crippen molar-refractivity contribution < 1.29 is 4.74 Å². The number of alkyl halides is 1. The van der Waals surface area contributed by atoms with Crippen LogP contribution in [0.5, 0.6) is 0 Å². The molecule has 0 fully saturated rings. The minimum absolute atomic E-state index is 0.0867. The number of aromatic nitrogens is 3. The molecule has 1 unspecified atom stereocenters. The standard InChI is InChI=1S/C10H10ClN3OS/c11-3-8-9-5-15-10(4-14(9)13-12-8)7-1-2-16-6-7/h1-2,6,10H,3-5H2. The van der Waals surface area contributed by atoms with Gasteiger partial charge in [-0.15, -0.1) is 16.7 Å². The van der Waals surface area contributed by atoms with Crippen LogP contribution in [-0.2, 0) is 23.8 Å². The lowest BCUT2D eigenvalue weighted by Crippen LogP contribution is -2.21. The van der Waals surface area contributed by atoms with Crippen molar-refractivity contribution in [3.63, 3.8) is 0 Å². The second-order valence-corrected chi connectivity index (χ2v) is 4.70. The average Bonchev–Trinajstić information content (AvgIpc) is 2.97. The molecule has 0 radical (unpaired) electrons. The van der Waals surface area contributed by atoms with Crippen LogP contribution in [0.1, 0.15) is 23.1 Å². The first-order valence-corrected chi connectivity index (χ1v) is 6.47. The SMILES string of the molecule is ClCc1nnn2c1COC(c1ccsc1)C2. The number of rotatable bonds is 2. The van der Waals surface area contributed by atoms with Crippen LogP contribution in [0.3, 0.4) is 0 Å². The zero-order valence-corrected chi connectivity index (χ0v) is 10.0. The van der Waals surface area contributed by atoms with E-state index in [9.17, 15) is 0 Å². The number of hydrogen-bond donors (Lipinski definition) is 0. The Morgan fingerprint density at radius 3 is 3.31 bits per heavy atom. The summed E-state index contributed by atoms with van der Waals surface area (Å²) in [6, 6.07) is 2.08. The number of fused-ring (bicyclic) bond motifs is 1. The normalized spacial score (nSPS) is 19.7. The second kappa shape index (κ2) is 4.16. The van der Waals surface area contributed by atoms with Gasteiger partial charge < -0.3 is 4.74 Å². The van der Waals surface area contributed by atoms with Crippen LogP contribution in [-0.4, -0.2) is 15.0 Å². The maximum Gasteiger partial charge on any atom is 0.103 e. The lowest BCUT2D eigenvalue weighted by molar-refractivity contribution is -0.00145. The topological polar surface area (TPSA) is 39.9 Å². The third-order valence-electron chi connectivity index (χ3n) is 2.72. The maximum absolute atomic E-state index is 5.80. The van der Waals surface area contributed by atoms with Gasteiger partial charge in [0, 0.05) is 0 Å². The van der Waals surface area contributed by atoms with Gasteiger partial charge >= 0.3 is 0 Å². The van der Waals surface area contributed by atoms with E-state index in [1.807, 2.05) is 4.68 Å². The fraction of sp³-hybridized carbons (Fsp3) is 0.400. The summed E-state index contributed by atoms with van der Waals surface area (Å²) in [5, 5.41) is 12.3. The number of thiophene rings is 1. The Bertz CT molecular complexity index is 482. The number of nitrogens with zero attached hydrogens (tertiary/aromatic N) is 3. The summed E-state index contributed by atoms with van der Waals surface area (Å²) in [4.78, 5) is 0. The second-order valence-electron chi connectivity index (χ2n) is 3.65. The minimum atomic E-state index is 0.0867. The van der Waals surface area contributed by atoms with Crippen molar-refractivity contribution in [2.24, 2.45) is 0 Å². The van der Waals surface area contributed by atoms with E-state index in [2.05, 4.69) is 27.1 Å². The molecule has 2 aromatic rings. The summed E-state index contributed by atoms with van der Waals surface area (Å²) in [6.07, 6.45) is 0.0867. The predicted molar refractivity (Wildman–Crippen MR) is 61.4 cm³/mol. The largest absolute Gasteiger partial charge is 0.365 e. The zero-order valence-electron chi connectivity index (χ0n) is 8.47. The molecule has 0 aromatic carbocycles. The van der Waals surface area contributed by atoms with E-state index in [0.717, 1.165) is 17.9 Å². The van der Waals surface area contributed by atoms with E-state index in [-0.39, 0.29) is 6.10 Å². The van der Waals surface area contributed by atoms with Crippen LogP contribution in [0.4, 0.5) is 0 Å². The van der Waals surface area contributed by atoms with Gasteiger partial charge in [0.05, 0.1) is 24.7 Å². The molecule has 2 aromatic heterocycles. The molecule has 6 heteroatoms. The summed E-state index contributed by atoms with van der Waals surface area (Å²) >= 11 is 7.45. The highest BCUT2D eigenvalue weighted by Gasteiger charge is 2.24. The molecule has 1 aliphatic heterocycles. The van der Waals surface area contributed by atoms with Crippen molar-refractivity contribution in [3.8, 4) is 0 Å². The summed E-state index contributed by atoms with van der Waals surface area (Å²) < 4.78 is 7.69. The molecule has 0 saturated carbocycles. The number of ether oxygens (including phenoxy) is 1. The molecular weight excluding hydrogens is 246 g/mol. The van der Waals surface area contributed by atoms with Crippen LogP contribution < -0.4 is 0 Å². The Hall–Kier alpha value is -0.910. The predicted octanol–water partition coefficient (Wildman–Crippen LogP) is 2.35. The highest BCUT2D eigenvalue weighted by atomic mass is 35.5. The molecule has 0 spiro atoms. The molecule has 16 heavy (non-hydrogen) atoms. The molecule has 0 saturated heterocycles. The minimum Gasteiger partial charge on any atom is -0.365 e. The maximum atomic E-state index is 5.80. The molecule has 1 aliphatic rings. The molecule has 0 amide bonds. The lowest BCUT2D eigenvalue weighted by atomic mass is 10.1. The quantitative estimate of drug-likeness (QED) is 0.774. The molecule has 0 aliphatic carbocycles. The van der Waals surface area contributed by atoms with E-state index in [0.29, 0.717) is 12.5 Å². The molecule has 0 N–H and O–H groups in total. The summed E-state index contributed by atoms with van der Waals surface area (Å²) in [5.41, 5.74) is 3.03. The highest BCUT2D eigenvalue weighted by Crippen LogP contribution is 2.28. The smallest absolute Gasteiger partial charge is 0.103 e. The summed E-state index contributed by atoms with van der Waals surface area (Å²) in [6.45, 7) is 1.26. The van der Waals surface area contributed by atoms with E-state index in [1.54, 1.807) is 11.3 Å². The monoisotopic (exact) mass is 255 g/mol. The Kier molecular flexibility index (Phi) is 2.67. The summed E-state index contributed by atoms with van der Waals surface area (Å²) in [5.74, 6) is 0.391. The third-order valence-corrected chi connectivity index (χ3v) is 3.67. The van der Waals surface area contributed by atoms with Gasteiger partial charge in [0.25, 0.3) is 0 Å². The lowest BCUT2D eigenvalue weighted by Gasteiger charge is -2.23. The van der Waals surface area contributed by atoms with Crippen LogP contribution >= 0.6 is 22.9 Å². The highest BCUT2D eigenvalue weighted by molar-refractivity contribution is 7.07. The first kappa shape index (κ1) is 10.3. The Balaban J connectivity index is 1.87. The van der Waals surface area contributed by atoms with Crippen molar-refractivity contribution in [1.29, 1.82) is 0 Å². The Morgan fingerprint density at radius 2 is 2.56 bits per heavy atom. The van der Waals surface area contributed by atoms with Gasteiger partial charge in [-0.2, -0.15) is 11.3 Å². The van der Waals surface area contributed by atoms with Crippen molar-refractivity contribution in [2.45, 2.75) is 25.1 Å². The molecule has 1 atom stereocenters. The first-order chi connectivity index (χ1) is 7.88. The van der Waals surface area contributed by atoms with Gasteiger partial charge in [0.15, 0.2) is 0 Å². The van der Waals surface area contributed by atoms with Crippen molar-refractivity contribution >= 4 is 22.9 Å². The van der Waals surface area contributed by atoms with E-state index < -0.39 is 0 Å². The molecule has 0 bridgehead atoms. The Morgan fingerprint density at radius 1 is 1.62 bits per heavy atom. The number of halogens is 1. The fourth-order valence-corrected chi connectivity index (χ4v) is 2.74. The molecule has 84 valence electrons. The van der Waals surface area contributed by atoms with Gasteiger partial charge in [0.2, 0.25) is 0 Å². The van der Waals surface area contributed by atoms with Crippen molar-refractivity contribution in [2.75, 3.05) is 0 Å². The molecular formula is C10H10ClN3OS. The molecule has 3 heterocycles. The van der Waals surface area contributed by atoms with Crippen LogP contribution in [0, 0.1) is 0 Å². The van der Waals surface area contributed by atoms with Gasteiger partial charge in [-0.05, 0) is 22.4 Å². The van der Waals surface area contributed by atoms with E-state index >= 15 is 0 Å². The van der Waals surface area contributed by atoms with Crippen molar-refractivity contribution in [1.82, 2.24) is 15.0 Å². The third kappa shape index (κ3) is 1.65. The average molecular weight is 256 g/mol. The molecule has 3 rings (SSSR count). The van der Waals surface area contributed by atoms with Gasteiger partial charge in [-0.1, -0.05) is 5.21 Å². The van der Waals surface area contributed by atoms with E-state index in [1.165, 1.54) is 5.56 Å². The van der Waals surface area contributed by atoms with E-state index in [4.69, 9.17) is 16.3 Å².